The van der Waals surface area contributed by atoms with E-state index in [-0.39, 0.29) is 51.0 Å². The molecular formula is C2H8Br2CuN2. The van der Waals surface area contributed by atoms with Crippen molar-refractivity contribution < 1.29 is 51.0 Å². The van der Waals surface area contributed by atoms with E-state index < -0.39 is 0 Å². The molecule has 51 valence electrons. The number of hydrogen-bond acceptors (Lipinski definition) is 2. The fourth-order valence-electron chi connectivity index (χ4n) is 0. The van der Waals surface area contributed by atoms with Gasteiger partial charge in [-0.3, -0.25) is 0 Å². The standard InChI is InChI=1S/C2H8N2.2BrH.Cu/c3-1-2-4;;;/h1-4H2;2*1H;/q;;;+2/p-2. The van der Waals surface area contributed by atoms with Gasteiger partial charge in [0.25, 0.3) is 0 Å². The zero-order valence-electron chi connectivity index (χ0n) is 3.63. The Bertz CT molecular complexity index is 15.7. The molecule has 7 heavy (non-hydrogen) atoms. The van der Waals surface area contributed by atoms with Gasteiger partial charge in [-0.15, -0.1) is 0 Å². The van der Waals surface area contributed by atoms with E-state index in [1.807, 2.05) is 0 Å². The molecule has 0 aliphatic heterocycles. The summed E-state index contributed by atoms with van der Waals surface area (Å²) < 4.78 is 0. The summed E-state index contributed by atoms with van der Waals surface area (Å²) in [6, 6.07) is 0. The molecule has 0 bridgehead atoms. The predicted octanol–water partition coefficient (Wildman–Crippen LogP) is -7.09. The van der Waals surface area contributed by atoms with Gasteiger partial charge in [-0.2, -0.15) is 0 Å². The number of hydrogen-bond donors (Lipinski definition) is 2. The smallest absolute Gasteiger partial charge is 1.00 e. The minimum Gasteiger partial charge on any atom is -1.00 e. The maximum Gasteiger partial charge on any atom is 2.00 e. The second-order valence-corrected chi connectivity index (χ2v) is 0.577. The topological polar surface area (TPSA) is 52.0 Å². The zero-order chi connectivity index (χ0) is 3.41. The maximum absolute atomic E-state index is 4.90. The van der Waals surface area contributed by atoms with Gasteiger partial charge in [0.1, 0.15) is 0 Å². The van der Waals surface area contributed by atoms with Crippen LogP contribution in [0, 0.1) is 0 Å². The summed E-state index contributed by atoms with van der Waals surface area (Å²) in [4.78, 5) is 0. The third-order valence-corrected chi connectivity index (χ3v) is 0.167. The van der Waals surface area contributed by atoms with Gasteiger partial charge >= 0.3 is 17.1 Å². The quantitative estimate of drug-likeness (QED) is 0.470. The molecule has 1 radical (unpaired) electrons. The molecule has 2 nitrogen and oxygen atoms in total. The largest absolute Gasteiger partial charge is 2.00 e. The number of nitrogens with two attached hydrogens (primary N) is 2. The van der Waals surface area contributed by atoms with Gasteiger partial charge in [-0.25, -0.2) is 0 Å². The molecule has 0 aromatic rings. The second-order valence-electron chi connectivity index (χ2n) is 0.577. The molecule has 0 saturated heterocycles. The number of halogens is 2. The molecular weight excluding hydrogens is 275 g/mol. The Balaban J connectivity index is -0.0000000150. The second kappa shape index (κ2) is 26.2. The van der Waals surface area contributed by atoms with Gasteiger partial charge < -0.3 is 45.4 Å². The monoisotopic (exact) mass is 281 g/mol. The van der Waals surface area contributed by atoms with Crippen LogP contribution in [0.15, 0.2) is 0 Å². The zero-order valence-corrected chi connectivity index (χ0v) is 7.74. The molecule has 0 aromatic carbocycles. The van der Waals surface area contributed by atoms with Gasteiger partial charge in [-0.05, 0) is 0 Å². The SMILES string of the molecule is NCCN.[Br-].[Br-].[Cu+2]. The fraction of sp³-hybridized carbons (Fsp3) is 1.00. The number of rotatable bonds is 1. The van der Waals surface area contributed by atoms with Crippen LogP contribution in [0.25, 0.3) is 0 Å². The first-order chi connectivity index (χ1) is 1.91. The molecule has 0 amide bonds. The third kappa shape index (κ3) is 37.5. The summed E-state index contributed by atoms with van der Waals surface area (Å²) >= 11 is 0. The van der Waals surface area contributed by atoms with E-state index in [0.717, 1.165) is 0 Å². The molecule has 0 aliphatic carbocycles. The minimum atomic E-state index is 0. The fourth-order valence-corrected chi connectivity index (χ4v) is 0. The van der Waals surface area contributed by atoms with Gasteiger partial charge in [0.15, 0.2) is 0 Å². The van der Waals surface area contributed by atoms with Crippen LogP contribution >= 0.6 is 0 Å². The molecule has 0 heterocycles. The van der Waals surface area contributed by atoms with Crippen molar-refractivity contribution in [3.63, 3.8) is 0 Å². The van der Waals surface area contributed by atoms with Crippen LogP contribution in [0.2, 0.25) is 0 Å². The predicted molar refractivity (Wildman–Crippen MR) is 18.1 cm³/mol. The average molecular weight is 283 g/mol. The summed E-state index contributed by atoms with van der Waals surface area (Å²) in [5.74, 6) is 0. The molecule has 0 rings (SSSR count). The van der Waals surface area contributed by atoms with Crippen LogP contribution in [-0.4, -0.2) is 13.1 Å². The van der Waals surface area contributed by atoms with Crippen molar-refractivity contribution in [2.24, 2.45) is 11.5 Å². The Morgan fingerprint density at radius 1 is 0.857 bits per heavy atom. The van der Waals surface area contributed by atoms with Gasteiger partial charge in [0, 0.05) is 13.1 Å². The molecule has 0 unspecified atom stereocenters. The van der Waals surface area contributed by atoms with Gasteiger partial charge in [0.05, 0.1) is 0 Å². The third-order valence-electron chi connectivity index (χ3n) is 0.167. The van der Waals surface area contributed by atoms with Crippen LogP contribution in [0.5, 0.6) is 0 Å². The van der Waals surface area contributed by atoms with Crippen LogP contribution in [-0.2, 0) is 17.1 Å². The van der Waals surface area contributed by atoms with Crippen molar-refractivity contribution in [2.45, 2.75) is 0 Å². The maximum atomic E-state index is 4.90. The minimum absolute atomic E-state index is 0. The van der Waals surface area contributed by atoms with Crippen molar-refractivity contribution in [1.29, 1.82) is 0 Å². The Hall–Kier alpha value is 1.40. The van der Waals surface area contributed by atoms with Crippen molar-refractivity contribution >= 4 is 0 Å². The summed E-state index contributed by atoms with van der Waals surface area (Å²) in [6.45, 7) is 1.19. The summed E-state index contributed by atoms with van der Waals surface area (Å²) in [7, 11) is 0. The molecule has 0 saturated carbocycles. The molecule has 5 heteroatoms. The molecule has 4 N–H and O–H groups in total. The van der Waals surface area contributed by atoms with Gasteiger partial charge in [0.2, 0.25) is 0 Å². The van der Waals surface area contributed by atoms with E-state index in [1.54, 1.807) is 0 Å². The van der Waals surface area contributed by atoms with E-state index in [9.17, 15) is 0 Å². The Kier molecular flexibility index (Phi) is 89.0. The summed E-state index contributed by atoms with van der Waals surface area (Å²) in [5, 5.41) is 0. The van der Waals surface area contributed by atoms with E-state index in [1.165, 1.54) is 0 Å². The van der Waals surface area contributed by atoms with Crippen molar-refractivity contribution in [2.75, 3.05) is 13.1 Å². The van der Waals surface area contributed by atoms with Crippen LogP contribution < -0.4 is 45.4 Å². The van der Waals surface area contributed by atoms with Crippen molar-refractivity contribution in [3.05, 3.63) is 0 Å². The average Bonchev–Trinajstić information content (AvgIpc) is 1.37. The van der Waals surface area contributed by atoms with E-state index in [4.69, 9.17) is 11.5 Å². The first-order valence-corrected chi connectivity index (χ1v) is 1.32. The first-order valence-electron chi connectivity index (χ1n) is 1.32. The van der Waals surface area contributed by atoms with Crippen molar-refractivity contribution in [1.82, 2.24) is 0 Å². The van der Waals surface area contributed by atoms with Crippen molar-refractivity contribution in [3.8, 4) is 0 Å². The molecule has 0 atom stereocenters. The summed E-state index contributed by atoms with van der Waals surface area (Å²) in [6.07, 6.45) is 0. The van der Waals surface area contributed by atoms with E-state index in [2.05, 4.69) is 0 Å². The molecule has 0 aromatic heterocycles. The van der Waals surface area contributed by atoms with E-state index >= 15 is 0 Å². The Labute approximate surface area is 75.4 Å². The van der Waals surface area contributed by atoms with E-state index in [0.29, 0.717) is 13.1 Å². The van der Waals surface area contributed by atoms with Gasteiger partial charge in [-0.1, -0.05) is 0 Å². The molecule has 0 spiro atoms. The van der Waals surface area contributed by atoms with Crippen LogP contribution in [0.1, 0.15) is 0 Å². The summed E-state index contributed by atoms with van der Waals surface area (Å²) in [5.41, 5.74) is 9.81. The normalized spacial score (nSPS) is 4.29. The molecule has 0 aliphatic rings. The van der Waals surface area contributed by atoms with Crippen LogP contribution in [0.3, 0.4) is 0 Å². The Morgan fingerprint density at radius 2 is 1.00 bits per heavy atom. The Morgan fingerprint density at radius 3 is 1.00 bits per heavy atom. The first kappa shape index (κ1) is 23.8. The van der Waals surface area contributed by atoms with Crippen LogP contribution in [0.4, 0.5) is 0 Å². The molecule has 0 fully saturated rings.